The fraction of sp³-hybridized carbons (Fsp3) is 0.280. The first-order valence-electron chi connectivity index (χ1n) is 11.2. The van der Waals surface area contributed by atoms with Crippen molar-refractivity contribution in [1.29, 1.82) is 0 Å². The van der Waals surface area contributed by atoms with Gasteiger partial charge in [0.05, 0.1) is 10.9 Å². The molecule has 1 saturated heterocycles. The Kier molecular flexibility index (Phi) is 6.01. The highest BCUT2D eigenvalue weighted by Gasteiger charge is 2.35. The predicted octanol–water partition coefficient (Wildman–Crippen LogP) is 4.02. The van der Waals surface area contributed by atoms with E-state index >= 15 is 0 Å². The third-order valence-electron chi connectivity index (χ3n) is 6.28. The van der Waals surface area contributed by atoms with Gasteiger partial charge < -0.3 is 10.2 Å². The van der Waals surface area contributed by atoms with Crippen LogP contribution in [0.25, 0.3) is 0 Å². The van der Waals surface area contributed by atoms with Crippen LogP contribution in [0.15, 0.2) is 64.9 Å². The van der Waals surface area contributed by atoms with Crippen LogP contribution in [0.1, 0.15) is 45.2 Å². The first-order valence-corrected chi connectivity index (χ1v) is 13.5. The summed E-state index contributed by atoms with van der Waals surface area (Å²) in [6.45, 7) is 2.91. The maximum absolute atomic E-state index is 13.7. The molecule has 9 heteroatoms. The zero-order valence-electron chi connectivity index (χ0n) is 18.7. The molecular formula is C25H25N3O4S2. The molecule has 1 N–H and O–H groups in total. The van der Waals surface area contributed by atoms with Crippen molar-refractivity contribution < 1.29 is 18.0 Å². The van der Waals surface area contributed by atoms with Gasteiger partial charge in [-0.3, -0.25) is 9.59 Å². The Morgan fingerprint density at radius 3 is 2.47 bits per heavy atom. The fourth-order valence-corrected chi connectivity index (χ4v) is 6.95. The smallest absolute Gasteiger partial charge is 0.255 e. The van der Waals surface area contributed by atoms with E-state index in [2.05, 4.69) is 5.32 Å². The van der Waals surface area contributed by atoms with Gasteiger partial charge in [0.15, 0.2) is 0 Å². The number of hydrogen-bond acceptors (Lipinski definition) is 5. The molecule has 1 fully saturated rings. The summed E-state index contributed by atoms with van der Waals surface area (Å²) in [4.78, 5) is 29.1. The van der Waals surface area contributed by atoms with Gasteiger partial charge in [0, 0.05) is 34.8 Å². The van der Waals surface area contributed by atoms with Crippen LogP contribution in [0.2, 0.25) is 0 Å². The molecule has 0 spiro atoms. The molecule has 2 aromatic carbocycles. The Bertz CT molecular complexity index is 1330. The zero-order chi connectivity index (χ0) is 23.9. The topological polar surface area (TPSA) is 86.8 Å². The molecule has 5 rings (SSSR count). The fourth-order valence-electron chi connectivity index (χ4n) is 4.58. The average molecular weight is 496 g/mol. The van der Waals surface area contributed by atoms with Gasteiger partial charge in [0.2, 0.25) is 15.9 Å². The van der Waals surface area contributed by atoms with Gasteiger partial charge in [0.25, 0.3) is 5.91 Å². The van der Waals surface area contributed by atoms with E-state index in [0.29, 0.717) is 24.3 Å². The standard InChI is InChI=1S/C25H25N3O4S2/c1-17-6-11-21-20(15-17)24(22-5-4-14-33-22)28(16-23(29)26-21)25(30)18-7-9-19(10-8-18)34(31,32)27-12-2-3-13-27/h4-11,14-15,24H,2-3,12-13,16H2,1H3,(H,26,29). The number of carbonyl (C=O) groups excluding carboxylic acids is 2. The number of amides is 2. The monoisotopic (exact) mass is 495 g/mol. The molecule has 1 unspecified atom stereocenters. The van der Waals surface area contributed by atoms with Crippen molar-refractivity contribution >= 4 is 38.9 Å². The molecule has 2 aliphatic rings. The summed E-state index contributed by atoms with van der Waals surface area (Å²) < 4.78 is 27.2. The number of fused-ring (bicyclic) bond motifs is 1. The Morgan fingerprint density at radius 2 is 1.79 bits per heavy atom. The largest absolute Gasteiger partial charge is 0.324 e. The molecule has 0 aliphatic carbocycles. The normalized spacial score (nSPS) is 18.9. The van der Waals surface area contributed by atoms with E-state index in [0.717, 1.165) is 28.8 Å². The molecule has 2 aliphatic heterocycles. The van der Waals surface area contributed by atoms with Gasteiger partial charge in [0.1, 0.15) is 6.54 Å². The lowest BCUT2D eigenvalue weighted by Gasteiger charge is -2.30. The van der Waals surface area contributed by atoms with Crippen LogP contribution < -0.4 is 5.32 Å². The lowest BCUT2D eigenvalue weighted by molar-refractivity contribution is -0.117. The van der Waals surface area contributed by atoms with E-state index < -0.39 is 16.1 Å². The third-order valence-corrected chi connectivity index (χ3v) is 9.12. The van der Waals surface area contributed by atoms with Gasteiger partial charge >= 0.3 is 0 Å². The summed E-state index contributed by atoms with van der Waals surface area (Å²) >= 11 is 1.53. The molecule has 0 saturated carbocycles. The van der Waals surface area contributed by atoms with Crippen LogP contribution in [0, 0.1) is 6.92 Å². The van der Waals surface area contributed by atoms with Gasteiger partial charge in [-0.1, -0.05) is 23.8 Å². The molecule has 0 bridgehead atoms. The molecular weight excluding hydrogens is 470 g/mol. The van der Waals surface area contributed by atoms with Crippen LogP contribution in [0.3, 0.4) is 0 Å². The van der Waals surface area contributed by atoms with E-state index in [1.54, 1.807) is 4.90 Å². The molecule has 1 aromatic heterocycles. The quantitative estimate of drug-likeness (QED) is 0.592. The molecule has 1 atom stereocenters. The lowest BCUT2D eigenvalue weighted by Crippen LogP contribution is -2.38. The van der Waals surface area contributed by atoms with Crippen molar-refractivity contribution in [1.82, 2.24) is 9.21 Å². The van der Waals surface area contributed by atoms with Crippen LogP contribution in [0.5, 0.6) is 0 Å². The number of thiophene rings is 1. The van der Waals surface area contributed by atoms with E-state index in [9.17, 15) is 18.0 Å². The van der Waals surface area contributed by atoms with E-state index in [4.69, 9.17) is 0 Å². The van der Waals surface area contributed by atoms with Gasteiger partial charge in [-0.2, -0.15) is 4.31 Å². The number of carbonyl (C=O) groups is 2. The highest BCUT2D eigenvalue weighted by Crippen LogP contribution is 2.39. The maximum Gasteiger partial charge on any atom is 0.255 e. The predicted molar refractivity (Wildman–Crippen MR) is 131 cm³/mol. The minimum atomic E-state index is -3.57. The first-order chi connectivity index (χ1) is 16.3. The van der Waals surface area contributed by atoms with Gasteiger partial charge in [-0.25, -0.2) is 8.42 Å². The SMILES string of the molecule is Cc1ccc2c(c1)C(c1cccs1)N(C(=O)c1ccc(S(=O)(=O)N3CCCC3)cc1)CC(=O)N2. The number of hydrogen-bond donors (Lipinski definition) is 1. The number of nitrogens with zero attached hydrogens (tertiary/aromatic N) is 2. The second-order valence-corrected chi connectivity index (χ2v) is 11.5. The second kappa shape index (κ2) is 8.98. The summed E-state index contributed by atoms with van der Waals surface area (Å²) in [5.41, 5.74) is 2.91. The molecule has 3 heterocycles. The molecule has 7 nitrogen and oxygen atoms in total. The number of anilines is 1. The van der Waals surface area contributed by atoms with Crippen molar-refractivity contribution in [3.8, 4) is 0 Å². The highest BCUT2D eigenvalue weighted by molar-refractivity contribution is 7.89. The summed E-state index contributed by atoms with van der Waals surface area (Å²) in [6.07, 6.45) is 1.72. The average Bonchev–Trinajstić information content (AvgIpc) is 3.53. The molecule has 0 radical (unpaired) electrons. The minimum Gasteiger partial charge on any atom is -0.324 e. The first kappa shape index (κ1) is 22.8. The Morgan fingerprint density at radius 1 is 1.06 bits per heavy atom. The van der Waals surface area contributed by atoms with Crippen molar-refractivity contribution in [3.63, 3.8) is 0 Å². The molecule has 2 amide bonds. The summed E-state index contributed by atoms with van der Waals surface area (Å²) in [5, 5.41) is 4.88. The highest BCUT2D eigenvalue weighted by atomic mass is 32.2. The summed E-state index contributed by atoms with van der Waals surface area (Å²) in [6, 6.07) is 15.3. The second-order valence-electron chi connectivity index (χ2n) is 8.63. The van der Waals surface area contributed by atoms with Crippen LogP contribution in [0.4, 0.5) is 5.69 Å². The van der Waals surface area contributed by atoms with E-state index in [1.807, 2.05) is 42.6 Å². The van der Waals surface area contributed by atoms with Crippen molar-refractivity contribution in [3.05, 3.63) is 81.5 Å². The lowest BCUT2D eigenvalue weighted by atomic mass is 9.99. The number of sulfonamides is 1. The van der Waals surface area contributed by atoms with Crippen molar-refractivity contribution in [2.75, 3.05) is 25.0 Å². The summed E-state index contributed by atoms with van der Waals surface area (Å²) in [5.74, 6) is -0.598. The Hall–Kier alpha value is -3.01. The molecule has 3 aromatic rings. The Balaban J connectivity index is 1.52. The van der Waals surface area contributed by atoms with Gasteiger partial charge in [-0.15, -0.1) is 11.3 Å². The number of benzene rings is 2. The maximum atomic E-state index is 13.7. The molecule has 176 valence electrons. The third kappa shape index (κ3) is 4.15. The van der Waals surface area contributed by atoms with Crippen molar-refractivity contribution in [2.45, 2.75) is 30.7 Å². The van der Waals surface area contributed by atoms with Crippen molar-refractivity contribution in [2.24, 2.45) is 0 Å². The van der Waals surface area contributed by atoms with E-state index in [1.165, 1.54) is 39.9 Å². The number of rotatable bonds is 4. The summed E-state index contributed by atoms with van der Waals surface area (Å²) in [7, 11) is -3.57. The van der Waals surface area contributed by atoms with Crippen LogP contribution in [-0.2, 0) is 14.8 Å². The molecule has 34 heavy (non-hydrogen) atoms. The van der Waals surface area contributed by atoms with E-state index in [-0.39, 0.29) is 23.3 Å². The van der Waals surface area contributed by atoms with Gasteiger partial charge in [-0.05, 0) is 61.5 Å². The number of nitrogens with one attached hydrogen (secondary N) is 1. The van der Waals surface area contributed by atoms with Crippen LogP contribution >= 0.6 is 11.3 Å². The zero-order valence-corrected chi connectivity index (χ0v) is 20.4. The van der Waals surface area contributed by atoms with Crippen LogP contribution in [-0.4, -0.2) is 49.1 Å². The Labute approximate surface area is 203 Å². The minimum absolute atomic E-state index is 0.108. The number of aryl methyl sites for hydroxylation is 1.